The number of aromatic nitrogens is 3. The smallest absolute Gasteiger partial charge is 0.250 e. The molecule has 0 aliphatic rings. The molecule has 6 nitrogen and oxygen atoms in total. The van der Waals surface area contributed by atoms with Crippen molar-refractivity contribution in [3.63, 3.8) is 0 Å². The predicted octanol–water partition coefficient (Wildman–Crippen LogP) is 2.51. The van der Waals surface area contributed by atoms with Crippen molar-refractivity contribution in [1.82, 2.24) is 14.8 Å². The van der Waals surface area contributed by atoms with E-state index >= 15 is 0 Å². The van der Waals surface area contributed by atoms with Crippen molar-refractivity contribution in [3.05, 3.63) is 36.2 Å². The van der Waals surface area contributed by atoms with E-state index in [-0.39, 0.29) is 0 Å². The first kappa shape index (κ1) is 15.1. The molecule has 0 bridgehead atoms. The van der Waals surface area contributed by atoms with E-state index in [0.29, 0.717) is 5.56 Å². The van der Waals surface area contributed by atoms with Crippen LogP contribution in [0.4, 0.5) is 5.69 Å². The summed E-state index contributed by atoms with van der Waals surface area (Å²) in [5.41, 5.74) is 9.79. The fraction of sp³-hybridized carbons (Fsp3) is 0.294. The second-order valence-corrected chi connectivity index (χ2v) is 5.79. The van der Waals surface area contributed by atoms with Gasteiger partial charge >= 0.3 is 0 Å². The normalized spacial score (nSPS) is 11.1. The Balaban J connectivity index is 2.21. The summed E-state index contributed by atoms with van der Waals surface area (Å²) in [6.07, 6.45) is 4.78. The lowest BCUT2D eigenvalue weighted by Crippen LogP contribution is -2.18. The maximum absolute atomic E-state index is 11.7. The Kier molecular flexibility index (Phi) is 3.82. The highest BCUT2D eigenvalue weighted by molar-refractivity contribution is 6.09. The largest absolute Gasteiger partial charge is 0.374 e. The highest BCUT2D eigenvalue weighted by Crippen LogP contribution is 2.33. The third-order valence-corrected chi connectivity index (χ3v) is 4.02. The van der Waals surface area contributed by atoms with E-state index in [2.05, 4.69) is 35.0 Å². The summed E-state index contributed by atoms with van der Waals surface area (Å²) >= 11 is 0. The number of nitrogens with two attached hydrogens (primary N) is 1. The molecule has 2 heterocycles. The number of carbonyl (C=O) groups is 1. The molecule has 2 aromatic heterocycles. The number of fused-ring (bicyclic) bond motifs is 1. The predicted molar refractivity (Wildman–Crippen MR) is 92.6 cm³/mol. The molecule has 0 spiro atoms. The van der Waals surface area contributed by atoms with E-state index in [4.69, 9.17) is 5.73 Å². The van der Waals surface area contributed by atoms with Gasteiger partial charge in [-0.2, -0.15) is 5.10 Å². The van der Waals surface area contributed by atoms with Gasteiger partial charge < -0.3 is 15.6 Å². The van der Waals surface area contributed by atoms with Crippen LogP contribution in [-0.2, 0) is 7.05 Å². The van der Waals surface area contributed by atoms with Crippen LogP contribution >= 0.6 is 0 Å². The summed E-state index contributed by atoms with van der Waals surface area (Å²) < 4.78 is 1.75. The molecule has 0 saturated heterocycles. The summed E-state index contributed by atoms with van der Waals surface area (Å²) in [6, 6.07) is 5.80. The van der Waals surface area contributed by atoms with Gasteiger partial charge in [-0.3, -0.25) is 9.48 Å². The number of carbonyl (C=O) groups excluding carboxylic acids is 1. The van der Waals surface area contributed by atoms with Crippen molar-refractivity contribution in [2.75, 3.05) is 18.5 Å². The van der Waals surface area contributed by atoms with Crippen molar-refractivity contribution in [3.8, 4) is 11.3 Å². The summed E-state index contributed by atoms with van der Waals surface area (Å²) in [7, 11) is 3.93. The first-order chi connectivity index (χ1) is 11.0. The SMILES string of the molecule is CCCN(C)c1ccc(C(N)=O)c2[nH]c(-c3cnn(C)c3)cc12. The number of amides is 1. The van der Waals surface area contributed by atoms with Gasteiger partial charge in [-0.25, -0.2) is 0 Å². The number of aromatic amines is 1. The molecule has 0 aliphatic heterocycles. The minimum absolute atomic E-state index is 0.431. The van der Waals surface area contributed by atoms with E-state index < -0.39 is 5.91 Å². The molecule has 1 aromatic carbocycles. The number of hydrogen-bond donors (Lipinski definition) is 2. The third kappa shape index (κ3) is 2.67. The average Bonchev–Trinajstić information content (AvgIpc) is 3.12. The third-order valence-electron chi connectivity index (χ3n) is 4.02. The maximum atomic E-state index is 11.7. The summed E-state index contributed by atoms with van der Waals surface area (Å²) in [5.74, 6) is -0.431. The number of hydrogen-bond acceptors (Lipinski definition) is 3. The standard InChI is InChI=1S/C17H21N5O/c1-4-7-21(2)15-6-5-12(17(18)23)16-13(15)8-14(20-16)11-9-19-22(3)10-11/h5-6,8-10,20H,4,7H2,1-3H3,(H2,18,23). The molecule has 0 radical (unpaired) electrons. The van der Waals surface area contributed by atoms with Crippen LogP contribution in [0.3, 0.4) is 0 Å². The molecule has 23 heavy (non-hydrogen) atoms. The second kappa shape index (κ2) is 5.79. The Hall–Kier alpha value is -2.76. The molecule has 6 heteroatoms. The van der Waals surface area contributed by atoms with Crippen LogP contribution in [0, 0.1) is 0 Å². The Bertz CT molecular complexity index is 861. The number of primary amides is 1. The molecule has 120 valence electrons. The number of anilines is 1. The highest BCUT2D eigenvalue weighted by Gasteiger charge is 2.16. The molecule has 0 aliphatic carbocycles. The van der Waals surface area contributed by atoms with Crippen molar-refractivity contribution in [1.29, 1.82) is 0 Å². The molecule has 0 unspecified atom stereocenters. The number of benzene rings is 1. The lowest BCUT2D eigenvalue weighted by atomic mass is 10.1. The Morgan fingerprint density at radius 1 is 1.43 bits per heavy atom. The van der Waals surface area contributed by atoms with Gasteiger partial charge in [-0.15, -0.1) is 0 Å². The van der Waals surface area contributed by atoms with E-state index in [9.17, 15) is 4.79 Å². The van der Waals surface area contributed by atoms with Gasteiger partial charge in [0.05, 0.1) is 17.3 Å². The van der Waals surface area contributed by atoms with Gasteiger partial charge in [0.25, 0.3) is 5.91 Å². The van der Waals surface area contributed by atoms with Crippen LogP contribution < -0.4 is 10.6 Å². The van der Waals surface area contributed by atoms with Crippen molar-refractivity contribution in [2.24, 2.45) is 12.8 Å². The monoisotopic (exact) mass is 311 g/mol. The Morgan fingerprint density at radius 3 is 2.83 bits per heavy atom. The van der Waals surface area contributed by atoms with Crippen molar-refractivity contribution in [2.45, 2.75) is 13.3 Å². The molecule has 1 amide bonds. The van der Waals surface area contributed by atoms with Gasteiger partial charge in [0.2, 0.25) is 0 Å². The minimum atomic E-state index is -0.431. The zero-order valence-electron chi connectivity index (χ0n) is 13.6. The quantitative estimate of drug-likeness (QED) is 0.760. The van der Waals surface area contributed by atoms with E-state index in [1.165, 1.54) is 0 Å². The molecule has 3 aromatic rings. The van der Waals surface area contributed by atoms with E-state index in [1.54, 1.807) is 16.9 Å². The van der Waals surface area contributed by atoms with Crippen LogP contribution in [0.2, 0.25) is 0 Å². The second-order valence-electron chi connectivity index (χ2n) is 5.79. The maximum Gasteiger partial charge on any atom is 0.250 e. The lowest BCUT2D eigenvalue weighted by molar-refractivity contribution is 0.100. The molecular weight excluding hydrogens is 290 g/mol. The number of aryl methyl sites for hydroxylation is 1. The molecular formula is C17H21N5O. The van der Waals surface area contributed by atoms with Crippen LogP contribution in [-0.4, -0.2) is 34.3 Å². The zero-order chi connectivity index (χ0) is 16.6. The topological polar surface area (TPSA) is 79.9 Å². The van der Waals surface area contributed by atoms with Gasteiger partial charge in [0.15, 0.2) is 0 Å². The number of H-pyrrole nitrogens is 1. The first-order valence-corrected chi connectivity index (χ1v) is 7.67. The first-order valence-electron chi connectivity index (χ1n) is 7.67. The average molecular weight is 311 g/mol. The fourth-order valence-electron chi connectivity index (χ4n) is 2.91. The van der Waals surface area contributed by atoms with Gasteiger partial charge in [0, 0.05) is 49.2 Å². The van der Waals surface area contributed by atoms with Crippen LogP contribution in [0.15, 0.2) is 30.6 Å². The Labute approximate surface area is 134 Å². The number of rotatable bonds is 5. The Morgan fingerprint density at radius 2 is 2.22 bits per heavy atom. The van der Waals surface area contributed by atoms with Gasteiger partial charge in [-0.1, -0.05) is 6.92 Å². The molecule has 3 rings (SSSR count). The van der Waals surface area contributed by atoms with Crippen LogP contribution in [0.5, 0.6) is 0 Å². The van der Waals surface area contributed by atoms with Crippen LogP contribution in [0.1, 0.15) is 23.7 Å². The number of nitrogens with zero attached hydrogens (tertiary/aromatic N) is 3. The minimum Gasteiger partial charge on any atom is -0.374 e. The highest BCUT2D eigenvalue weighted by atomic mass is 16.1. The summed E-state index contributed by atoms with van der Waals surface area (Å²) in [5, 5.41) is 5.20. The van der Waals surface area contributed by atoms with Crippen molar-refractivity contribution < 1.29 is 4.79 Å². The number of nitrogens with one attached hydrogen (secondary N) is 1. The summed E-state index contributed by atoms with van der Waals surface area (Å²) in [4.78, 5) is 17.3. The molecule has 0 atom stereocenters. The van der Waals surface area contributed by atoms with Crippen LogP contribution in [0.25, 0.3) is 22.2 Å². The van der Waals surface area contributed by atoms with Gasteiger partial charge in [-0.05, 0) is 24.6 Å². The van der Waals surface area contributed by atoms with E-state index in [1.807, 2.05) is 19.3 Å². The van der Waals surface area contributed by atoms with Crippen molar-refractivity contribution >= 4 is 22.5 Å². The lowest BCUT2D eigenvalue weighted by Gasteiger charge is -2.19. The summed E-state index contributed by atoms with van der Waals surface area (Å²) in [6.45, 7) is 3.09. The molecule has 3 N–H and O–H groups in total. The van der Waals surface area contributed by atoms with E-state index in [0.717, 1.165) is 40.8 Å². The zero-order valence-corrected chi connectivity index (χ0v) is 13.6. The molecule has 0 saturated carbocycles. The van der Waals surface area contributed by atoms with Gasteiger partial charge in [0.1, 0.15) is 0 Å². The fourth-order valence-corrected chi connectivity index (χ4v) is 2.91. The molecule has 0 fully saturated rings.